The average Bonchev–Trinajstić information content (AvgIpc) is 2.35. The van der Waals surface area contributed by atoms with Crippen LogP contribution in [-0.4, -0.2) is 27.9 Å². The molecule has 0 fully saturated rings. The van der Waals surface area contributed by atoms with Crippen molar-refractivity contribution in [1.82, 2.24) is 9.88 Å². The van der Waals surface area contributed by atoms with Crippen LogP contribution in [0.15, 0.2) is 12.3 Å². The number of nitrogens with zero attached hydrogens (tertiary/aromatic N) is 3. The first kappa shape index (κ1) is 12.0. The summed E-state index contributed by atoms with van der Waals surface area (Å²) in [5.41, 5.74) is 2.13. The fraction of sp³-hybridized carbons (Fsp3) is 0.583. The minimum Gasteiger partial charge on any atom is -0.299 e. The second-order valence-corrected chi connectivity index (χ2v) is 4.44. The standard InChI is InChI=1S/C12H17N3O2/c1-2-3-5-14-6-4-12-10(9-14)7-11(8-13-12)15(16)17/h7-8H,2-6,9H2,1H3. The Bertz CT molecular complexity index is 420. The van der Waals surface area contributed by atoms with Crippen LogP contribution >= 0.6 is 0 Å². The zero-order valence-electron chi connectivity index (χ0n) is 10.1. The van der Waals surface area contributed by atoms with E-state index in [1.807, 2.05) is 0 Å². The van der Waals surface area contributed by atoms with Gasteiger partial charge < -0.3 is 0 Å². The highest BCUT2D eigenvalue weighted by Gasteiger charge is 2.19. The van der Waals surface area contributed by atoms with Gasteiger partial charge in [-0.1, -0.05) is 13.3 Å². The van der Waals surface area contributed by atoms with Crippen LogP contribution in [0.3, 0.4) is 0 Å². The Labute approximate surface area is 101 Å². The molecule has 0 atom stereocenters. The van der Waals surface area contributed by atoms with Crippen molar-refractivity contribution in [2.24, 2.45) is 0 Å². The van der Waals surface area contributed by atoms with Crippen LogP contribution < -0.4 is 0 Å². The summed E-state index contributed by atoms with van der Waals surface area (Å²) in [4.78, 5) is 16.8. The Morgan fingerprint density at radius 3 is 3.12 bits per heavy atom. The number of rotatable bonds is 4. The topological polar surface area (TPSA) is 59.3 Å². The molecule has 0 aliphatic carbocycles. The van der Waals surface area contributed by atoms with Gasteiger partial charge in [0.2, 0.25) is 0 Å². The first-order chi connectivity index (χ1) is 8.20. The highest BCUT2D eigenvalue weighted by atomic mass is 16.6. The van der Waals surface area contributed by atoms with E-state index in [1.165, 1.54) is 19.0 Å². The van der Waals surface area contributed by atoms with E-state index in [-0.39, 0.29) is 10.6 Å². The molecule has 17 heavy (non-hydrogen) atoms. The third-order valence-electron chi connectivity index (χ3n) is 3.14. The van der Waals surface area contributed by atoms with E-state index in [4.69, 9.17) is 0 Å². The Morgan fingerprint density at radius 1 is 1.59 bits per heavy atom. The van der Waals surface area contributed by atoms with Gasteiger partial charge in [-0.3, -0.25) is 20.0 Å². The highest BCUT2D eigenvalue weighted by molar-refractivity contribution is 5.35. The second kappa shape index (κ2) is 5.23. The van der Waals surface area contributed by atoms with Crippen LogP contribution in [0.4, 0.5) is 5.69 Å². The summed E-state index contributed by atoms with van der Waals surface area (Å²) in [5.74, 6) is 0. The molecule has 2 heterocycles. The van der Waals surface area contributed by atoms with E-state index in [9.17, 15) is 10.1 Å². The molecule has 1 aromatic heterocycles. The van der Waals surface area contributed by atoms with Crippen LogP contribution in [0.2, 0.25) is 0 Å². The minimum absolute atomic E-state index is 0.0982. The summed E-state index contributed by atoms with van der Waals surface area (Å²) in [7, 11) is 0. The lowest BCUT2D eigenvalue weighted by molar-refractivity contribution is -0.385. The van der Waals surface area contributed by atoms with Crippen molar-refractivity contribution in [1.29, 1.82) is 0 Å². The summed E-state index contributed by atoms with van der Waals surface area (Å²) in [5, 5.41) is 10.7. The maximum Gasteiger partial charge on any atom is 0.287 e. The fourth-order valence-corrected chi connectivity index (χ4v) is 2.14. The normalized spacial score (nSPS) is 15.6. The first-order valence-electron chi connectivity index (χ1n) is 6.05. The summed E-state index contributed by atoms with van der Waals surface area (Å²) in [6.07, 6.45) is 4.62. The van der Waals surface area contributed by atoms with Gasteiger partial charge in [0.15, 0.2) is 0 Å². The molecule has 92 valence electrons. The van der Waals surface area contributed by atoms with Crippen molar-refractivity contribution < 1.29 is 4.92 Å². The summed E-state index contributed by atoms with van der Waals surface area (Å²) < 4.78 is 0. The van der Waals surface area contributed by atoms with Gasteiger partial charge in [-0.25, -0.2) is 0 Å². The predicted octanol–water partition coefficient (Wildman–Crippen LogP) is 2.15. The molecule has 0 radical (unpaired) electrons. The maximum absolute atomic E-state index is 10.7. The molecule has 5 heteroatoms. The molecule has 0 N–H and O–H groups in total. The predicted molar refractivity (Wildman–Crippen MR) is 64.8 cm³/mol. The van der Waals surface area contributed by atoms with E-state index in [0.29, 0.717) is 0 Å². The lowest BCUT2D eigenvalue weighted by Gasteiger charge is -2.27. The number of aromatic nitrogens is 1. The van der Waals surface area contributed by atoms with Gasteiger partial charge in [0.25, 0.3) is 5.69 Å². The second-order valence-electron chi connectivity index (χ2n) is 4.44. The molecule has 2 rings (SSSR count). The van der Waals surface area contributed by atoms with Crippen molar-refractivity contribution in [2.75, 3.05) is 13.1 Å². The number of unbranched alkanes of at least 4 members (excludes halogenated alkanes) is 1. The zero-order valence-corrected chi connectivity index (χ0v) is 10.1. The van der Waals surface area contributed by atoms with E-state index in [1.54, 1.807) is 6.07 Å². The molecule has 1 aliphatic heterocycles. The Kier molecular flexibility index (Phi) is 3.68. The molecule has 1 aromatic rings. The van der Waals surface area contributed by atoms with Crippen molar-refractivity contribution in [3.05, 3.63) is 33.6 Å². The molecule has 5 nitrogen and oxygen atoms in total. The fourth-order valence-electron chi connectivity index (χ4n) is 2.14. The molecular formula is C12H17N3O2. The molecule has 1 aliphatic rings. The largest absolute Gasteiger partial charge is 0.299 e. The highest BCUT2D eigenvalue weighted by Crippen LogP contribution is 2.21. The van der Waals surface area contributed by atoms with Crippen molar-refractivity contribution >= 4 is 5.69 Å². The molecule has 0 spiro atoms. The smallest absolute Gasteiger partial charge is 0.287 e. The van der Waals surface area contributed by atoms with Crippen LogP contribution in [0, 0.1) is 10.1 Å². The number of hydrogen-bond acceptors (Lipinski definition) is 4. The van der Waals surface area contributed by atoms with Crippen LogP contribution in [0.5, 0.6) is 0 Å². The van der Waals surface area contributed by atoms with Crippen LogP contribution in [0.25, 0.3) is 0 Å². The number of fused-ring (bicyclic) bond motifs is 1. The van der Waals surface area contributed by atoms with Gasteiger partial charge in [0.1, 0.15) is 6.20 Å². The minimum atomic E-state index is -0.377. The Hall–Kier alpha value is -1.49. The lowest BCUT2D eigenvalue weighted by atomic mass is 10.0. The first-order valence-corrected chi connectivity index (χ1v) is 6.05. The number of hydrogen-bond donors (Lipinski definition) is 0. The summed E-state index contributed by atoms with van der Waals surface area (Å²) >= 11 is 0. The molecule has 0 saturated heterocycles. The van der Waals surface area contributed by atoms with E-state index in [2.05, 4.69) is 16.8 Å². The van der Waals surface area contributed by atoms with Gasteiger partial charge in [0, 0.05) is 31.3 Å². The third-order valence-corrected chi connectivity index (χ3v) is 3.14. The van der Waals surface area contributed by atoms with E-state index < -0.39 is 0 Å². The molecule has 0 amide bonds. The van der Waals surface area contributed by atoms with Crippen molar-refractivity contribution in [2.45, 2.75) is 32.7 Å². The molecular weight excluding hydrogens is 218 g/mol. The average molecular weight is 235 g/mol. The number of nitro groups is 1. The third kappa shape index (κ3) is 2.79. The van der Waals surface area contributed by atoms with Gasteiger partial charge in [-0.15, -0.1) is 0 Å². The molecule has 0 saturated carbocycles. The zero-order chi connectivity index (χ0) is 12.3. The summed E-state index contributed by atoms with van der Waals surface area (Å²) in [6.45, 7) is 5.05. The van der Waals surface area contributed by atoms with Gasteiger partial charge in [0.05, 0.1) is 4.92 Å². The monoisotopic (exact) mass is 235 g/mol. The molecule has 0 aromatic carbocycles. The van der Waals surface area contributed by atoms with Gasteiger partial charge in [-0.05, 0) is 18.5 Å². The van der Waals surface area contributed by atoms with Crippen LogP contribution in [0.1, 0.15) is 31.0 Å². The van der Waals surface area contributed by atoms with Gasteiger partial charge >= 0.3 is 0 Å². The quantitative estimate of drug-likeness (QED) is 0.592. The Balaban J connectivity index is 2.12. The van der Waals surface area contributed by atoms with Crippen LogP contribution in [-0.2, 0) is 13.0 Å². The van der Waals surface area contributed by atoms with Crippen molar-refractivity contribution in [3.8, 4) is 0 Å². The lowest BCUT2D eigenvalue weighted by Crippen LogP contribution is -2.31. The summed E-state index contributed by atoms with van der Waals surface area (Å²) in [6, 6.07) is 1.67. The van der Waals surface area contributed by atoms with Gasteiger partial charge in [-0.2, -0.15) is 0 Å². The van der Waals surface area contributed by atoms with E-state index in [0.717, 1.165) is 37.3 Å². The molecule has 0 unspecified atom stereocenters. The van der Waals surface area contributed by atoms with Crippen molar-refractivity contribution in [3.63, 3.8) is 0 Å². The number of pyridine rings is 1. The SMILES string of the molecule is CCCCN1CCc2ncc([N+](=O)[O-])cc2C1. The van der Waals surface area contributed by atoms with E-state index >= 15 is 0 Å². The maximum atomic E-state index is 10.7. The Morgan fingerprint density at radius 2 is 2.41 bits per heavy atom. The molecule has 0 bridgehead atoms.